The minimum absolute atomic E-state index is 0. The standard InChI is InChI=1S/C9H19.Al.3H/c1-7(2)8(3)9(4,5)6;;;;/h7-8H,3H2,1-2,4-6H3;;;;. The second kappa shape index (κ2) is 4.42. The average Bonchev–Trinajstić information content (AvgIpc) is 1.62. The van der Waals surface area contributed by atoms with E-state index in [9.17, 15) is 0 Å². The summed E-state index contributed by atoms with van der Waals surface area (Å²) in [6.07, 6.45) is 0. The maximum atomic E-state index is 4.11. The first-order valence-corrected chi connectivity index (χ1v) is 3.68. The van der Waals surface area contributed by atoms with Gasteiger partial charge in [0.1, 0.15) is 0 Å². The number of rotatable bonds is 1. The summed E-state index contributed by atoms with van der Waals surface area (Å²) < 4.78 is 0. The lowest BCUT2D eigenvalue weighted by atomic mass is 9.76. The quantitative estimate of drug-likeness (QED) is 0.510. The average molecular weight is 157 g/mol. The molecule has 0 amide bonds. The number of hydrogen-bond donors (Lipinski definition) is 0. The molecule has 0 aromatic carbocycles. The largest absolute Gasteiger partial charge is 0.187 e. The van der Waals surface area contributed by atoms with Crippen molar-refractivity contribution in [2.24, 2.45) is 17.3 Å². The topological polar surface area (TPSA) is 0 Å². The molecule has 0 spiro atoms. The SMILES string of the molecule is [AlH3].[CH2]C(C(C)C)C(C)(C)C. The minimum Gasteiger partial charge on any atom is -0.0625 e. The van der Waals surface area contributed by atoms with Gasteiger partial charge in [-0.3, -0.25) is 0 Å². The van der Waals surface area contributed by atoms with Crippen LogP contribution in [0.15, 0.2) is 0 Å². The van der Waals surface area contributed by atoms with Crippen LogP contribution < -0.4 is 0 Å². The second-order valence-corrected chi connectivity index (χ2v) is 4.22. The molecule has 1 radical (unpaired) electrons. The first-order chi connectivity index (χ1) is 3.85. The highest BCUT2D eigenvalue weighted by molar-refractivity contribution is 5.75. The Hall–Kier alpha value is 0.532. The molecule has 1 heteroatoms. The van der Waals surface area contributed by atoms with Crippen LogP contribution in [-0.2, 0) is 0 Å². The fraction of sp³-hybridized carbons (Fsp3) is 0.889. The lowest BCUT2D eigenvalue weighted by Crippen LogP contribution is -2.22. The van der Waals surface area contributed by atoms with Crippen LogP contribution in [0.4, 0.5) is 0 Å². The molecule has 0 saturated heterocycles. The van der Waals surface area contributed by atoms with Crippen LogP contribution in [0.1, 0.15) is 34.6 Å². The molecule has 0 nitrogen and oxygen atoms in total. The Balaban J connectivity index is 0. The zero-order valence-electron chi connectivity index (χ0n) is 7.36. The van der Waals surface area contributed by atoms with Gasteiger partial charge in [-0.2, -0.15) is 0 Å². The summed E-state index contributed by atoms with van der Waals surface area (Å²) in [4.78, 5) is 0. The van der Waals surface area contributed by atoms with Crippen molar-refractivity contribution in [2.75, 3.05) is 0 Å². The molecule has 10 heavy (non-hydrogen) atoms. The zero-order valence-corrected chi connectivity index (χ0v) is 7.36. The van der Waals surface area contributed by atoms with Crippen molar-refractivity contribution in [3.05, 3.63) is 6.92 Å². The molecule has 0 N–H and O–H groups in total. The third-order valence-electron chi connectivity index (χ3n) is 1.92. The Morgan fingerprint density at radius 2 is 1.40 bits per heavy atom. The van der Waals surface area contributed by atoms with Crippen LogP contribution in [0.2, 0.25) is 0 Å². The van der Waals surface area contributed by atoms with E-state index in [1.807, 2.05) is 0 Å². The van der Waals surface area contributed by atoms with Gasteiger partial charge in [0, 0.05) is 0 Å². The molecule has 61 valence electrons. The molecule has 0 aromatic rings. The monoisotopic (exact) mass is 157 g/mol. The van der Waals surface area contributed by atoms with Crippen molar-refractivity contribution in [3.8, 4) is 0 Å². The first kappa shape index (κ1) is 13.1. The van der Waals surface area contributed by atoms with Crippen LogP contribution in [-0.4, -0.2) is 17.4 Å². The summed E-state index contributed by atoms with van der Waals surface area (Å²) in [6.45, 7) is 15.3. The highest BCUT2D eigenvalue weighted by atomic mass is 27.0. The molecule has 0 bridgehead atoms. The predicted molar refractivity (Wildman–Crippen MR) is 53.1 cm³/mol. The fourth-order valence-corrected chi connectivity index (χ4v) is 1.00. The second-order valence-electron chi connectivity index (χ2n) is 4.22. The molecule has 0 aliphatic rings. The summed E-state index contributed by atoms with van der Waals surface area (Å²) in [5.41, 5.74) is 0.369. The highest BCUT2D eigenvalue weighted by Crippen LogP contribution is 2.30. The van der Waals surface area contributed by atoms with Crippen LogP contribution in [0.5, 0.6) is 0 Å². The summed E-state index contributed by atoms with van der Waals surface area (Å²) in [5.74, 6) is 1.27. The molecule has 0 aromatic heterocycles. The molecule has 0 fully saturated rings. The van der Waals surface area contributed by atoms with Gasteiger partial charge in [-0.15, -0.1) is 0 Å². The Morgan fingerprint density at radius 1 is 1.10 bits per heavy atom. The van der Waals surface area contributed by atoms with E-state index in [0.29, 0.717) is 17.3 Å². The van der Waals surface area contributed by atoms with Crippen LogP contribution in [0.3, 0.4) is 0 Å². The van der Waals surface area contributed by atoms with Gasteiger partial charge in [0.15, 0.2) is 17.4 Å². The van der Waals surface area contributed by atoms with E-state index in [1.54, 1.807) is 0 Å². The summed E-state index contributed by atoms with van der Waals surface area (Å²) in [5, 5.41) is 0. The molecular formula is C9H22Al. The molecule has 0 aliphatic heterocycles. The van der Waals surface area contributed by atoms with Crippen molar-refractivity contribution in [2.45, 2.75) is 34.6 Å². The van der Waals surface area contributed by atoms with Gasteiger partial charge >= 0.3 is 0 Å². The summed E-state index contributed by atoms with van der Waals surface area (Å²) in [6, 6.07) is 0. The normalized spacial score (nSPS) is 14.7. The Labute approximate surface area is 76.5 Å². The van der Waals surface area contributed by atoms with E-state index in [0.717, 1.165) is 0 Å². The van der Waals surface area contributed by atoms with Crippen LogP contribution in [0, 0.1) is 24.2 Å². The van der Waals surface area contributed by atoms with E-state index < -0.39 is 0 Å². The zero-order chi connectivity index (χ0) is 7.65. The molecule has 0 aliphatic carbocycles. The van der Waals surface area contributed by atoms with Crippen LogP contribution >= 0.6 is 0 Å². The van der Waals surface area contributed by atoms with Gasteiger partial charge < -0.3 is 0 Å². The summed E-state index contributed by atoms with van der Waals surface area (Å²) >= 11 is 0. The Morgan fingerprint density at radius 3 is 1.40 bits per heavy atom. The van der Waals surface area contributed by atoms with Gasteiger partial charge in [-0.25, -0.2) is 0 Å². The molecule has 1 unspecified atom stereocenters. The van der Waals surface area contributed by atoms with Gasteiger partial charge in [0.25, 0.3) is 0 Å². The third kappa shape index (κ3) is 4.36. The van der Waals surface area contributed by atoms with Crippen molar-refractivity contribution in [3.63, 3.8) is 0 Å². The van der Waals surface area contributed by atoms with E-state index in [4.69, 9.17) is 0 Å². The fourth-order valence-electron chi connectivity index (χ4n) is 1.00. The highest BCUT2D eigenvalue weighted by Gasteiger charge is 2.22. The van der Waals surface area contributed by atoms with Gasteiger partial charge in [-0.05, 0) is 24.2 Å². The third-order valence-corrected chi connectivity index (χ3v) is 1.92. The van der Waals surface area contributed by atoms with Crippen molar-refractivity contribution in [1.82, 2.24) is 0 Å². The maximum Gasteiger partial charge on any atom is 0.187 e. The molecule has 1 atom stereocenters. The molecule has 0 rings (SSSR count). The molecule has 0 saturated carbocycles. The minimum atomic E-state index is 0. The lowest BCUT2D eigenvalue weighted by molar-refractivity contribution is 0.227. The van der Waals surface area contributed by atoms with Crippen molar-refractivity contribution >= 4 is 17.4 Å². The van der Waals surface area contributed by atoms with E-state index >= 15 is 0 Å². The predicted octanol–water partition coefficient (Wildman–Crippen LogP) is 1.95. The Kier molecular flexibility index (Phi) is 5.81. The molecular weight excluding hydrogens is 135 g/mol. The van der Waals surface area contributed by atoms with E-state index in [2.05, 4.69) is 41.5 Å². The van der Waals surface area contributed by atoms with Gasteiger partial charge in [0.2, 0.25) is 0 Å². The maximum absolute atomic E-state index is 4.11. The van der Waals surface area contributed by atoms with E-state index in [-0.39, 0.29) is 17.4 Å². The van der Waals surface area contributed by atoms with Gasteiger partial charge in [0.05, 0.1) is 0 Å². The van der Waals surface area contributed by atoms with Crippen LogP contribution in [0.25, 0.3) is 0 Å². The summed E-state index contributed by atoms with van der Waals surface area (Å²) in [7, 11) is 0. The van der Waals surface area contributed by atoms with Crippen molar-refractivity contribution < 1.29 is 0 Å². The van der Waals surface area contributed by atoms with Crippen molar-refractivity contribution in [1.29, 1.82) is 0 Å². The van der Waals surface area contributed by atoms with E-state index in [1.165, 1.54) is 0 Å². The lowest BCUT2D eigenvalue weighted by Gasteiger charge is -2.30. The molecule has 0 heterocycles. The number of hydrogen-bond acceptors (Lipinski definition) is 0. The Bertz CT molecular complexity index is 79.2. The van der Waals surface area contributed by atoms with Gasteiger partial charge in [-0.1, -0.05) is 34.6 Å². The first-order valence-electron chi connectivity index (χ1n) is 3.68. The smallest absolute Gasteiger partial charge is 0.0625 e.